The van der Waals surface area contributed by atoms with Crippen LogP contribution >= 0.6 is 27.3 Å². The van der Waals surface area contributed by atoms with Gasteiger partial charge in [-0.15, -0.1) is 11.3 Å². The average Bonchev–Trinajstić information content (AvgIpc) is 3.15. The Morgan fingerprint density at radius 1 is 1.07 bits per heavy atom. The summed E-state index contributed by atoms with van der Waals surface area (Å²) in [6, 6.07) is 13.9. The molecule has 0 saturated heterocycles. The minimum atomic E-state index is -3.68. The Balaban J connectivity index is 1.86. The molecule has 3 aromatic rings. The Morgan fingerprint density at radius 2 is 1.80 bits per heavy atom. The summed E-state index contributed by atoms with van der Waals surface area (Å²) in [5, 5.41) is 3.82. The normalized spacial score (nSPS) is 11.6. The predicted octanol–water partition coefficient (Wildman–Crippen LogP) is 5.80. The van der Waals surface area contributed by atoms with Gasteiger partial charge in [0.1, 0.15) is 0 Å². The van der Waals surface area contributed by atoms with Gasteiger partial charge < -0.3 is 5.32 Å². The Kier molecular flexibility index (Phi) is 7.55. The zero-order valence-electron chi connectivity index (χ0n) is 17.0. The molecule has 3 rings (SSSR count). The molecule has 8 heteroatoms. The van der Waals surface area contributed by atoms with Crippen LogP contribution in [0, 0.1) is 0 Å². The number of anilines is 1. The van der Waals surface area contributed by atoms with Gasteiger partial charge >= 0.3 is 0 Å². The van der Waals surface area contributed by atoms with Crippen LogP contribution in [0.5, 0.6) is 0 Å². The molecule has 1 amide bonds. The van der Waals surface area contributed by atoms with Crippen molar-refractivity contribution in [2.24, 2.45) is 0 Å². The third-order valence-corrected chi connectivity index (χ3v) is 8.33. The number of nitrogens with zero attached hydrogens (tertiary/aromatic N) is 1. The second-order valence-corrected chi connectivity index (χ2v) is 10.8. The molecule has 0 fully saturated rings. The number of unbranched alkanes of at least 4 members (excludes halogenated alkanes) is 2. The molecule has 0 saturated carbocycles. The van der Waals surface area contributed by atoms with Crippen LogP contribution < -0.4 is 9.62 Å². The van der Waals surface area contributed by atoms with E-state index in [1.165, 1.54) is 15.6 Å². The minimum absolute atomic E-state index is 0.0799. The zero-order valence-corrected chi connectivity index (χ0v) is 20.2. The van der Waals surface area contributed by atoms with Gasteiger partial charge in [-0.05, 0) is 67.3 Å². The Labute approximate surface area is 190 Å². The average molecular weight is 509 g/mol. The van der Waals surface area contributed by atoms with Crippen molar-refractivity contribution in [1.82, 2.24) is 5.32 Å². The number of hydrogen-bond acceptors (Lipinski definition) is 4. The van der Waals surface area contributed by atoms with Gasteiger partial charge in [0.05, 0.1) is 15.5 Å². The van der Waals surface area contributed by atoms with Gasteiger partial charge in [-0.3, -0.25) is 9.10 Å². The van der Waals surface area contributed by atoms with Crippen molar-refractivity contribution in [3.05, 3.63) is 57.9 Å². The van der Waals surface area contributed by atoms with E-state index in [0.717, 1.165) is 33.8 Å². The van der Waals surface area contributed by atoms with E-state index >= 15 is 0 Å². The Bertz CT molecular complexity index is 1120. The number of nitrogens with one attached hydrogen (secondary N) is 1. The number of sulfonamides is 1. The molecule has 1 aromatic heterocycles. The SMILES string of the molecule is CCCCCNC(=O)c1cc2cc(N(CC)S(=O)(=O)c3ccc(Br)cc3)ccc2s1. The molecule has 160 valence electrons. The van der Waals surface area contributed by atoms with Crippen LogP contribution in [0.4, 0.5) is 5.69 Å². The van der Waals surface area contributed by atoms with Crippen molar-refractivity contribution in [3.8, 4) is 0 Å². The molecule has 2 aromatic carbocycles. The molecule has 0 unspecified atom stereocenters. The topological polar surface area (TPSA) is 66.5 Å². The molecule has 0 spiro atoms. The first-order chi connectivity index (χ1) is 14.4. The third-order valence-electron chi connectivity index (χ3n) is 4.77. The number of halogens is 1. The largest absolute Gasteiger partial charge is 0.351 e. The van der Waals surface area contributed by atoms with Gasteiger partial charge in [0.15, 0.2) is 0 Å². The van der Waals surface area contributed by atoms with Crippen LogP contribution in [0.2, 0.25) is 0 Å². The molecule has 30 heavy (non-hydrogen) atoms. The van der Waals surface area contributed by atoms with Crippen LogP contribution in [0.25, 0.3) is 10.1 Å². The lowest BCUT2D eigenvalue weighted by molar-refractivity contribution is 0.0957. The van der Waals surface area contributed by atoms with Gasteiger partial charge in [0, 0.05) is 22.3 Å². The smallest absolute Gasteiger partial charge is 0.264 e. The van der Waals surface area contributed by atoms with Crippen molar-refractivity contribution < 1.29 is 13.2 Å². The van der Waals surface area contributed by atoms with Crippen LogP contribution in [0.3, 0.4) is 0 Å². The Hall–Kier alpha value is -1.90. The highest BCUT2D eigenvalue weighted by atomic mass is 79.9. The highest BCUT2D eigenvalue weighted by Gasteiger charge is 2.24. The standard InChI is InChI=1S/C22H25BrN2O3S2/c1-3-5-6-13-24-22(26)21-15-16-14-18(9-12-20(16)29-21)25(4-2)30(27,28)19-10-7-17(23)8-11-19/h7-12,14-15H,3-6,13H2,1-2H3,(H,24,26). The summed E-state index contributed by atoms with van der Waals surface area (Å²) in [6.07, 6.45) is 3.17. The molecule has 5 nitrogen and oxygen atoms in total. The fraction of sp³-hybridized carbons (Fsp3) is 0.318. The fourth-order valence-electron chi connectivity index (χ4n) is 3.19. The first-order valence-electron chi connectivity index (χ1n) is 9.97. The fourth-order valence-corrected chi connectivity index (χ4v) is 5.88. The van der Waals surface area contributed by atoms with Crippen molar-refractivity contribution in [2.75, 3.05) is 17.4 Å². The highest BCUT2D eigenvalue weighted by Crippen LogP contribution is 2.32. The first kappa shape index (κ1) is 22.8. The molecular weight excluding hydrogens is 484 g/mol. The number of carbonyl (C=O) groups is 1. The molecule has 0 radical (unpaired) electrons. The molecular formula is C22H25BrN2O3S2. The van der Waals surface area contributed by atoms with Crippen LogP contribution in [-0.2, 0) is 10.0 Å². The molecule has 0 bridgehead atoms. The van der Waals surface area contributed by atoms with E-state index in [-0.39, 0.29) is 10.8 Å². The Morgan fingerprint density at radius 3 is 2.47 bits per heavy atom. The summed E-state index contributed by atoms with van der Waals surface area (Å²) in [5.74, 6) is -0.0799. The lowest BCUT2D eigenvalue weighted by Crippen LogP contribution is -2.30. The van der Waals surface area contributed by atoms with E-state index in [0.29, 0.717) is 23.7 Å². The summed E-state index contributed by atoms with van der Waals surface area (Å²) in [7, 11) is -3.68. The molecule has 0 aliphatic heterocycles. The number of fused-ring (bicyclic) bond motifs is 1. The van der Waals surface area contributed by atoms with Gasteiger partial charge in [-0.25, -0.2) is 8.42 Å². The van der Waals surface area contributed by atoms with Gasteiger partial charge in [-0.1, -0.05) is 35.7 Å². The summed E-state index contributed by atoms with van der Waals surface area (Å²) in [5.41, 5.74) is 0.584. The van der Waals surface area contributed by atoms with Crippen molar-refractivity contribution in [1.29, 1.82) is 0 Å². The van der Waals surface area contributed by atoms with E-state index in [4.69, 9.17) is 0 Å². The highest BCUT2D eigenvalue weighted by molar-refractivity contribution is 9.10. The quantitative estimate of drug-likeness (QED) is 0.371. The maximum Gasteiger partial charge on any atom is 0.264 e. The second-order valence-electron chi connectivity index (χ2n) is 6.92. The zero-order chi connectivity index (χ0) is 21.7. The van der Waals surface area contributed by atoms with E-state index in [1.54, 1.807) is 30.3 Å². The van der Waals surface area contributed by atoms with Crippen molar-refractivity contribution in [2.45, 2.75) is 38.0 Å². The van der Waals surface area contributed by atoms with Crippen LogP contribution in [0.1, 0.15) is 42.8 Å². The van der Waals surface area contributed by atoms with E-state index < -0.39 is 10.0 Å². The summed E-state index contributed by atoms with van der Waals surface area (Å²) < 4.78 is 29.5. The van der Waals surface area contributed by atoms with Crippen molar-refractivity contribution >= 4 is 59.0 Å². The van der Waals surface area contributed by atoms with E-state index in [2.05, 4.69) is 28.2 Å². The molecule has 0 aliphatic rings. The van der Waals surface area contributed by atoms with Gasteiger partial charge in [0.2, 0.25) is 0 Å². The minimum Gasteiger partial charge on any atom is -0.351 e. The number of benzene rings is 2. The van der Waals surface area contributed by atoms with Crippen LogP contribution in [-0.4, -0.2) is 27.4 Å². The summed E-state index contributed by atoms with van der Waals surface area (Å²) >= 11 is 4.75. The number of rotatable bonds is 9. The summed E-state index contributed by atoms with van der Waals surface area (Å²) in [6.45, 7) is 4.91. The van der Waals surface area contributed by atoms with Gasteiger partial charge in [-0.2, -0.15) is 0 Å². The van der Waals surface area contributed by atoms with Crippen molar-refractivity contribution in [3.63, 3.8) is 0 Å². The molecule has 1 heterocycles. The number of amides is 1. The molecule has 0 aliphatic carbocycles. The number of hydrogen-bond donors (Lipinski definition) is 1. The van der Waals surface area contributed by atoms with E-state index in [9.17, 15) is 13.2 Å². The molecule has 1 N–H and O–H groups in total. The lowest BCUT2D eigenvalue weighted by Gasteiger charge is -2.23. The van der Waals surface area contributed by atoms with Gasteiger partial charge in [0.25, 0.3) is 15.9 Å². The first-order valence-corrected chi connectivity index (χ1v) is 13.0. The predicted molar refractivity (Wildman–Crippen MR) is 128 cm³/mol. The van der Waals surface area contributed by atoms with E-state index in [1.807, 2.05) is 25.1 Å². The number of carbonyl (C=O) groups excluding carboxylic acids is 1. The number of thiophene rings is 1. The van der Waals surface area contributed by atoms with Crippen LogP contribution in [0.15, 0.2) is 57.9 Å². The maximum absolute atomic E-state index is 13.1. The monoisotopic (exact) mass is 508 g/mol. The third kappa shape index (κ3) is 5.04. The molecule has 0 atom stereocenters. The lowest BCUT2D eigenvalue weighted by atomic mass is 10.2. The second kappa shape index (κ2) is 9.94. The summed E-state index contributed by atoms with van der Waals surface area (Å²) in [4.78, 5) is 13.3. The maximum atomic E-state index is 13.1.